The van der Waals surface area contributed by atoms with Crippen molar-refractivity contribution >= 4 is 17.7 Å². The molecule has 0 atom stereocenters. The molecule has 2 heterocycles. The lowest BCUT2D eigenvalue weighted by molar-refractivity contribution is -0.139. The normalized spacial score (nSPS) is 15.6. The third-order valence-corrected chi connectivity index (χ3v) is 4.10. The van der Waals surface area contributed by atoms with Gasteiger partial charge in [0.25, 0.3) is 0 Å². The van der Waals surface area contributed by atoms with Gasteiger partial charge in [0.2, 0.25) is 5.91 Å². The minimum atomic E-state index is -0.875. The Kier molecular flexibility index (Phi) is 5.35. The van der Waals surface area contributed by atoms with Crippen LogP contribution < -0.4 is 4.90 Å². The highest BCUT2D eigenvalue weighted by Crippen LogP contribution is 2.23. The van der Waals surface area contributed by atoms with Crippen LogP contribution in [0, 0.1) is 12.8 Å². The molecule has 1 aromatic rings. The second-order valence-corrected chi connectivity index (χ2v) is 5.86. The van der Waals surface area contributed by atoms with E-state index >= 15 is 0 Å². The number of amides is 1. The number of aliphatic carboxylic acids is 1. The number of rotatable bonds is 5. The maximum absolute atomic E-state index is 12.3. The number of aromatic nitrogens is 1. The highest BCUT2D eigenvalue weighted by molar-refractivity contribution is 5.79. The van der Waals surface area contributed by atoms with Crippen LogP contribution in [0.2, 0.25) is 0 Å². The van der Waals surface area contributed by atoms with E-state index in [1.807, 2.05) is 25.3 Å². The topological polar surface area (TPSA) is 73.7 Å². The Labute approximate surface area is 130 Å². The zero-order chi connectivity index (χ0) is 16.1. The van der Waals surface area contributed by atoms with Crippen LogP contribution in [0.5, 0.6) is 0 Å². The number of hydrogen-bond donors (Lipinski definition) is 1. The molecular formula is C16H23N3O3. The van der Waals surface area contributed by atoms with Crippen molar-refractivity contribution in [2.24, 2.45) is 5.92 Å². The van der Waals surface area contributed by atoms with Crippen LogP contribution in [0.4, 0.5) is 5.82 Å². The largest absolute Gasteiger partial charge is 0.481 e. The molecule has 0 unspecified atom stereocenters. The second-order valence-electron chi connectivity index (χ2n) is 5.86. The summed E-state index contributed by atoms with van der Waals surface area (Å²) in [6, 6.07) is 4.05. The number of piperidine rings is 1. The zero-order valence-electron chi connectivity index (χ0n) is 13.2. The van der Waals surface area contributed by atoms with Gasteiger partial charge in [-0.15, -0.1) is 0 Å². The Balaban J connectivity index is 1.84. The predicted octanol–water partition coefficient (Wildman–Crippen LogP) is 1.54. The maximum atomic E-state index is 12.3. The summed E-state index contributed by atoms with van der Waals surface area (Å²) in [7, 11) is 1.68. The summed E-state index contributed by atoms with van der Waals surface area (Å²) in [5.41, 5.74) is 1.13. The minimum Gasteiger partial charge on any atom is -0.481 e. The summed E-state index contributed by atoms with van der Waals surface area (Å²) in [5.74, 6) is 0.119. The van der Waals surface area contributed by atoms with E-state index in [2.05, 4.69) is 9.88 Å². The Morgan fingerprint density at radius 1 is 1.36 bits per heavy atom. The van der Waals surface area contributed by atoms with Crippen molar-refractivity contribution in [1.29, 1.82) is 0 Å². The number of carboxylic acid groups (broad SMARTS) is 1. The average Bonchev–Trinajstić information content (AvgIpc) is 2.53. The van der Waals surface area contributed by atoms with Crippen molar-refractivity contribution in [3.63, 3.8) is 0 Å². The molecule has 1 aliphatic rings. The summed E-state index contributed by atoms with van der Waals surface area (Å²) in [6.07, 6.45) is 3.41. The standard InChI is InChI=1S/C16H23N3O3/c1-12-3-4-14(17-11-12)19-9-5-13(6-10-19)16(22)18(2)8-7-15(20)21/h3-4,11,13H,5-10H2,1-2H3,(H,20,21). The molecule has 0 spiro atoms. The zero-order valence-corrected chi connectivity index (χ0v) is 13.2. The molecule has 0 bridgehead atoms. The van der Waals surface area contributed by atoms with Crippen molar-refractivity contribution in [2.45, 2.75) is 26.2 Å². The molecule has 0 aliphatic carbocycles. The quantitative estimate of drug-likeness (QED) is 0.893. The molecule has 1 aromatic heterocycles. The van der Waals surface area contributed by atoms with Gasteiger partial charge < -0.3 is 14.9 Å². The van der Waals surface area contributed by atoms with Gasteiger partial charge in [-0.05, 0) is 31.4 Å². The first-order valence-electron chi connectivity index (χ1n) is 7.61. The molecule has 6 heteroatoms. The molecule has 22 heavy (non-hydrogen) atoms. The van der Waals surface area contributed by atoms with Crippen LogP contribution in [-0.2, 0) is 9.59 Å². The number of pyridine rings is 1. The van der Waals surface area contributed by atoms with E-state index in [0.29, 0.717) is 0 Å². The van der Waals surface area contributed by atoms with E-state index in [1.54, 1.807) is 11.9 Å². The van der Waals surface area contributed by atoms with Crippen molar-refractivity contribution in [2.75, 3.05) is 31.6 Å². The Morgan fingerprint density at radius 3 is 2.59 bits per heavy atom. The minimum absolute atomic E-state index is 0.00558. The number of carbonyl (C=O) groups is 2. The fourth-order valence-corrected chi connectivity index (χ4v) is 2.69. The van der Waals surface area contributed by atoms with E-state index in [-0.39, 0.29) is 24.8 Å². The third kappa shape index (κ3) is 4.19. The molecule has 1 saturated heterocycles. The first-order chi connectivity index (χ1) is 10.5. The van der Waals surface area contributed by atoms with Crippen LogP contribution in [-0.4, -0.2) is 53.5 Å². The van der Waals surface area contributed by atoms with E-state index in [0.717, 1.165) is 37.3 Å². The monoisotopic (exact) mass is 305 g/mol. The van der Waals surface area contributed by atoms with Crippen molar-refractivity contribution < 1.29 is 14.7 Å². The van der Waals surface area contributed by atoms with E-state index in [1.165, 1.54) is 0 Å². The lowest BCUT2D eigenvalue weighted by atomic mass is 9.95. The maximum Gasteiger partial charge on any atom is 0.305 e. The molecular weight excluding hydrogens is 282 g/mol. The van der Waals surface area contributed by atoms with Crippen molar-refractivity contribution in [1.82, 2.24) is 9.88 Å². The van der Waals surface area contributed by atoms with Crippen LogP contribution in [0.1, 0.15) is 24.8 Å². The molecule has 0 radical (unpaired) electrons. The predicted molar refractivity (Wildman–Crippen MR) is 83.8 cm³/mol. The molecule has 0 aromatic carbocycles. The average molecular weight is 305 g/mol. The van der Waals surface area contributed by atoms with Gasteiger partial charge >= 0.3 is 5.97 Å². The Bertz CT molecular complexity index is 522. The highest BCUT2D eigenvalue weighted by atomic mass is 16.4. The summed E-state index contributed by atoms with van der Waals surface area (Å²) < 4.78 is 0. The molecule has 2 rings (SSSR count). The molecule has 120 valence electrons. The van der Waals surface area contributed by atoms with Gasteiger partial charge in [0.1, 0.15) is 5.82 Å². The van der Waals surface area contributed by atoms with Crippen molar-refractivity contribution in [3.8, 4) is 0 Å². The number of nitrogens with zero attached hydrogens (tertiary/aromatic N) is 3. The summed E-state index contributed by atoms with van der Waals surface area (Å²) >= 11 is 0. The van der Waals surface area contributed by atoms with E-state index < -0.39 is 5.97 Å². The van der Waals surface area contributed by atoms with Crippen molar-refractivity contribution in [3.05, 3.63) is 23.9 Å². The molecule has 1 aliphatic heterocycles. The van der Waals surface area contributed by atoms with Gasteiger partial charge in [-0.25, -0.2) is 4.98 Å². The fourth-order valence-electron chi connectivity index (χ4n) is 2.69. The van der Waals surface area contributed by atoms with Gasteiger partial charge in [0, 0.05) is 38.8 Å². The fraction of sp³-hybridized carbons (Fsp3) is 0.562. The molecule has 6 nitrogen and oxygen atoms in total. The summed E-state index contributed by atoms with van der Waals surface area (Å²) in [6.45, 7) is 3.89. The van der Waals surface area contributed by atoms with Gasteiger partial charge in [-0.2, -0.15) is 0 Å². The number of anilines is 1. The highest BCUT2D eigenvalue weighted by Gasteiger charge is 2.27. The van der Waals surface area contributed by atoms with Crippen LogP contribution in [0.3, 0.4) is 0 Å². The molecule has 0 saturated carbocycles. The van der Waals surface area contributed by atoms with Gasteiger partial charge in [0.05, 0.1) is 6.42 Å². The number of carboxylic acids is 1. The van der Waals surface area contributed by atoms with Crippen LogP contribution in [0.25, 0.3) is 0 Å². The number of hydrogen-bond acceptors (Lipinski definition) is 4. The Morgan fingerprint density at radius 2 is 2.05 bits per heavy atom. The first kappa shape index (κ1) is 16.3. The molecule has 1 N–H and O–H groups in total. The second kappa shape index (κ2) is 7.24. The van der Waals surface area contributed by atoms with Crippen LogP contribution in [0.15, 0.2) is 18.3 Å². The first-order valence-corrected chi connectivity index (χ1v) is 7.61. The molecule has 1 amide bonds. The SMILES string of the molecule is Cc1ccc(N2CCC(C(=O)N(C)CCC(=O)O)CC2)nc1. The molecule has 1 fully saturated rings. The van der Waals surface area contributed by atoms with E-state index in [9.17, 15) is 9.59 Å². The van der Waals surface area contributed by atoms with Gasteiger partial charge in [0.15, 0.2) is 0 Å². The van der Waals surface area contributed by atoms with Gasteiger partial charge in [-0.1, -0.05) is 6.07 Å². The van der Waals surface area contributed by atoms with Crippen LogP contribution >= 0.6 is 0 Å². The van der Waals surface area contributed by atoms with E-state index in [4.69, 9.17) is 5.11 Å². The lowest BCUT2D eigenvalue weighted by Gasteiger charge is -2.33. The number of carbonyl (C=O) groups excluding carboxylic acids is 1. The lowest BCUT2D eigenvalue weighted by Crippen LogP contribution is -2.42. The third-order valence-electron chi connectivity index (χ3n) is 4.10. The smallest absolute Gasteiger partial charge is 0.305 e. The Hall–Kier alpha value is -2.11. The number of aryl methyl sites for hydroxylation is 1. The van der Waals surface area contributed by atoms with Gasteiger partial charge in [-0.3, -0.25) is 9.59 Å². The summed E-state index contributed by atoms with van der Waals surface area (Å²) in [5, 5.41) is 8.68. The summed E-state index contributed by atoms with van der Waals surface area (Å²) in [4.78, 5) is 31.0.